The van der Waals surface area contributed by atoms with Gasteiger partial charge < -0.3 is 25.0 Å². The molecule has 1 saturated heterocycles. The quantitative estimate of drug-likeness (QED) is 0.651. The maximum atomic E-state index is 12.6. The van der Waals surface area contributed by atoms with Gasteiger partial charge in [-0.2, -0.15) is 5.10 Å². The number of benzene rings is 1. The molecule has 0 spiro atoms. The molecule has 2 aromatic rings. The molecule has 0 radical (unpaired) electrons. The van der Waals surface area contributed by atoms with E-state index in [0.717, 1.165) is 0 Å². The van der Waals surface area contributed by atoms with Gasteiger partial charge in [0.05, 0.1) is 19.3 Å². The number of aromatic amines is 1. The Kier molecular flexibility index (Phi) is 5.87. The Morgan fingerprint density at radius 1 is 1.37 bits per heavy atom. The fourth-order valence-electron chi connectivity index (χ4n) is 2.89. The van der Waals surface area contributed by atoms with Gasteiger partial charge in [0.15, 0.2) is 5.82 Å². The van der Waals surface area contributed by atoms with Crippen LogP contribution in [0, 0.1) is 0 Å². The van der Waals surface area contributed by atoms with Crippen molar-refractivity contribution in [1.82, 2.24) is 25.8 Å². The van der Waals surface area contributed by atoms with E-state index in [4.69, 9.17) is 9.47 Å². The third kappa shape index (κ3) is 4.34. The lowest BCUT2D eigenvalue weighted by atomic mass is 10.2. The molecule has 1 unspecified atom stereocenters. The summed E-state index contributed by atoms with van der Waals surface area (Å²) in [4.78, 5) is 30.5. The maximum absolute atomic E-state index is 12.6. The average molecular weight is 374 g/mol. The average Bonchev–Trinajstić information content (AvgIpc) is 3.27. The van der Waals surface area contributed by atoms with Crippen molar-refractivity contribution in [2.45, 2.75) is 25.6 Å². The van der Waals surface area contributed by atoms with Crippen LogP contribution in [-0.4, -0.2) is 53.9 Å². The Bertz CT molecular complexity index is 808. The van der Waals surface area contributed by atoms with Crippen molar-refractivity contribution in [2.75, 3.05) is 25.7 Å². The van der Waals surface area contributed by atoms with Gasteiger partial charge in [-0.25, -0.2) is 9.78 Å². The summed E-state index contributed by atoms with van der Waals surface area (Å²) in [5, 5.41) is 12.0. The number of rotatable bonds is 7. The van der Waals surface area contributed by atoms with Crippen molar-refractivity contribution in [2.24, 2.45) is 0 Å². The molecule has 1 aromatic heterocycles. The highest BCUT2D eigenvalue weighted by molar-refractivity contribution is 6.02. The summed E-state index contributed by atoms with van der Waals surface area (Å²) in [6, 6.07) is 6.27. The van der Waals surface area contributed by atoms with Gasteiger partial charge in [-0.3, -0.25) is 9.89 Å². The van der Waals surface area contributed by atoms with Crippen LogP contribution in [0.3, 0.4) is 0 Å². The summed E-state index contributed by atoms with van der Waals surface area (Å²) in [6.07, 6.45) is 0.518. The molecule has 10 nitrogen and oxygen atoms in total. The smallest absolute Gasteiger partial charge is 0.315 e. The zero-order chi connectivity index (χ0) is 19.2. The molecule has 3 rings (SSSR count). The molecular weight excluding hydrogens is 352 g/mol. The van der Waals surface area contributed by atoms with E-state index in [1.54, 1.807) is 25.2 Å². The molecule has 144 valence electrons. The Balaban J connectivity index is 1.53. The predicted molar refractivity (Wildman–Crippen MR) is 96.2 cm³/mol. The van der Waals surface area contributed by atoms with Gasteiger partial charge in [0, 0.05) is 13.7 Å². The number of urea groups is 1. The number of hydrogen-bond donors (Lipinski definition) is 3. The molecule has 0 saturated carbocycles. The molecule has 1 aliphatic rings. The van der Waals surface area contributed by atoms with Crippen LogP contribution in [0.4, 0.5) is 10.5 Å². The molecule has 1 aromatic carbocycles. The van der Waals surface area contributed by atoms with Crippen molar-refractivity contribution >= 4 is 17.6 Å². The summed E-state index contributed by atoms with van der Waals surface area (Å²) in [5.74, 6) is 1.46. The monoisotopic (exact) mass is 374 g/mol. The van der Waals surface area contributed by atoms with Gasteiger partial charge in [-0.15, -0.1) is 0 Å². The van der Waals surface area contributed by atoms with E-state index in [2.05, 4.69) is 25.8 Å². The number of anilines is 1. The van der Waals surface area contributed by atoms with Crippen molar-refractivity contribution in [3.63, 3.8) is 0 Å². The highest BCUT2D eigenvalue weighted by Crippen LogP contribution is 2.30. The molecule has 1 aliphatic heterocycles. The van der Waals surface area contributed by atoms with Crippen LogP contribution in [0.25, 0.3) is 0 Å². The van der Waals surface area contributed by atoms with Crippen LogP contribution in [0.15, 0.2) is 24.3 Å². The fraction of sp³-hybridized carbons (Fsp3) is 0.412. The van der Waals surface area contributed by atoms with E-state index in [0.29, 0.717) is 36.1 Å². The second kappa shape index (κ2) is 8.49. The first-order chi connectivity index (χ1) is 13.1. The highest BCUT2D eigenvalue weighted by Gasteiger charge is 2.34. The van der Waals surface area contributed by atoms with Crippen LogP contribution in [0.1, 0.15) is 18.1 Å². The second-order valence-corrected chi connectivity index (χ2v) is 5.96. The number of H-pyrrole nitrogens is 1. The Hall–Kier alpha value is -3.14. The van der Waals surface area contributed by atoms with Crippen LogP contribution < -0.4 is 20.3 Å². The highest BCUT2D eigenvalue weighted by atomic mass is 16.5. The molecule has 2 heterocycles. The summed E-state index contributed by atoms with van der Waals surface area (Å²) in [5.41, 5.74) is 0.696. The Morgan fingerprint density at radius 3 is 2.96 bits per heavy atom. The Labute approximate surface area is 156 Å². The number of nitrogens with one attached hydrogen (secondary N) is 3. The SMILES string of the molecule is COCc1n[nH]c(CNC(=O)NC2CCN(c3ccccc3OC)C2=O)n1. The van der Waals surface area contributed by atoms with Crippen molar-refractivity contribution in [1.29, 1.82) is 0 Å². The standard InChI is InChI=1S/C17H22N6O4/c1-26-10-15-20-14(21-22-15)9-18-17(25)19-11-7-8-23(16(11)24)12-5-3-4-6-13(12)27-2/h3-6,11H,7-10H2,1-2H3,(H2,18,19,25)(H,20,21,22). The minimum absolute atomic E-state index is 0.166. The first-order valence-corrected chi connectivity index (χ1v) is 8.50. The fourth-order valence-corrected chi connectivity index (χ4v) is 2.89. The molecule has 0 bridgehead atoms. The lowest BCUT2D eigenvalue weighted by Gasteiger charge is -2.19. The molecule has 0 aliphatic carbocycles. The number of nitrogens with zero attached hydrogens (tertiary/aromatic N) is 3. The Morgan fingerprint density at radius 2 is 2.19 bits per heavy atom. The first kappa shape index (κ1) is 18.6. The van der Waals surface area contributed by atoms with Gasteiger partial charge in [-0.1, -0.05) is 12.1 Å². The summed E-state index contributed by atoms with van der Waals surface area (Å²) >= 11 is 0. The maximum Gasteiger partial charge on any atom is 0.315 e. The summed E-state index contributed by atoms with van der Waals surface area (Å²) in [6.45, 7) is 0.963. The number of amides is 3. The van der Waals surface area contributed by atoms with E-state index < -0.39 is 12.1 Å². The molecule has 3 N–H and O–H groups in total. The summed E-state index contributed by atoms with van der Waals surface area (Å²) in [7, 11) is 3.11. The predicted octanol–water partition coefficient (Wildman–Crippen LogP) is 0.564. The number of methoxy groups -OCH3 is 2. The van der Waals surface area contributed by atoms with E-state index >= 15 is 0 Å². The lowest BCUT2D eigenvalue weighted by Crippen LogP contribution is -2.46. The molecular formula is C17H22N6O4. The lowest BCUT2D eigenvalue weighted by molar-refractivity contribution is -0.118. The minimum Gasteiger partial charge on any atom is -0.495 e. The first-order valence-electron chi connectivity index (χ1n) is 8.50. The van der Waals surface area contributed by atoms with Gasteiger partial charge in [0.25, 0.3) is 0 Å². The van der Waals surface area contributed by atoms with Crippen molar-refractivity contribution < 1.29 is 19.1 Å². The number of carbonyl (C=O) groups is 2. The molecule has 10 heteroatoms. The van der Waals surface area contributed by atoms with Crippen LogP contribution in [0.5, 0.6) is 5.75 Å². The van der Waals surface area contributed by atoms with E-state index in [9.17, 15) is 9.59 Å². The summed E-state index contributed by atoms with van der Waals surface area (Å²) < 4.78 is 10.2. The van der Waals surface area contributed by atoms with Gasteiger partial charge >= 0.3 is 6.03 Å². The molecule has 1 fully saturated rings. The number of ether oxygens (including phenoxy) is 2. The van der Waals surface area contributed by atoms with Crippen molar-refractivity contribution in [3.8, 4) is 5.75 Å². The number of para-hydroxylation sites is 2. The molecule has 3 amide bonds. The number of aromatic nitrogens is 3. The van der Waals surface area contributed by atoms with Gasteiger partial charge in [-0.05, 0) is 18.6 Å². The molecule has 27 heavy (non-hydrogen) atoms. The topological polar surface area (TPSA) is 121 Å². The minimum atomic E-state index is -0.589. The van der Waals surface area contributed by atoms with Crippen LogP contribution in [0.2, 0.25) is 0 Å². The number of carbonyl (C=O) groups excluding carboxylic acids is 2. The van der Waals surface area contributed by atoms with Gasteiger partial charge in [0.1, 0.15) is 24.2 Å². The largest absolute Gasteiger partial charge is 0.495 e. The zero-order valence-electron chi connectivity index (χ0n) is 15.2. The zero-order valence-corrected chi connectivity index (χ0v) is 15.2. The van der Waals surface area contributed by atoms with E-state index in [-0.39, 0.29) is 19.1 Å². The van der Waals surface area contributed by atoms with E-state index in [1.165, 1.54) is 0 Å². The van der Waals surface area contributed by atoms with Crippen LogP contribution >= 0.6 is 0 Å². The third-order valence-electron chi connectivity index (χ3n) is 4.15. The second-order valence-electron chi connectivity index (χ2n) is 5.96. The van der Waals surface area contributed by atoms with Gasteiger partial charge in [0.2, 0.25) is 5.91 Å². The normalized spacial score (nSPS) is 16.4. The molecule has 1 atom stereocenters. The van der Waals surface area contributed by atoms with Crippen LogP contribution in [-0.2, 0) is 22.7 Å². The third-order valence-corrected chi connectivity index (χ3v) is 4.15. The van der Waals surface area contributed by atoms with Crippen molar-refractivity contribution in [3.05, 3.63) is 35.9 Å². The number of hydrogen-bond acceptors (Lipinski definition) is 6. The van der Waals surface area contributed by atoms with E-state index in [1.807, 2.05) is 18.2 Å².